The second-order valence-electron chi connectivity index (χ2n) is 5.41. The predicted octanol–water partition coefficient (Wildman–Crippen LogP) is 4.59. The average Bonchev–Trinajstić information content (AvgIpc) is 2.99. The molecule has 23 heavy (non-hydrogen) atoms. The first kappa shape index (κ1) is 12.3. The fourth-order valence-electron chi connectivity index (χ4n) is 2.85. The van der Waals surface area contributed by atoms with Crippen LogP contribution in [0.4, 0.5) is 0 Å². The lowest BCUT2D eigenvalue weighted by Crippen LogP contribution is -1.88. The van der Waals surface area contributed by atoms with Crippen molar-refractivity contribution in [1.29, 1.82) is 0 Å². The van der Waals surface area contributed by atoms with E-state index in [1.807, 2.05) is 42.5 Å². The van der Waals surface area contributed by atoms with Crippen LogP contribution in [0.15, 0.2) is 71.4 Å². The minimum Gasteiger partial charge on any atom is -0.438 e. The molecule has 0 aliphatic rings. The Morgan fingerprint density at radius 1 is 0.739 bits per heavy atom. The van der Waals surface area contributed by atoms with Crippen LogP contribution in [0.3, 0.4) is 0 Å². The van der Waals surface area contributed by atoms with Crippen molar-refractivity contribution < 1.29 is 4.42 Å². The molecule has 0 saturated carbocycles. The Labute approximate surface area is 131 Å². The molecular weight excluding hydrogens is 286 g/mol. The van der Waals surface area contributed by atoms with Crippen molar-refractivity contribution in [3.05, 3.63) is 67.0 Å². The summed E-state index contributed by atoms with van der Waals surface area (Å²) in [7, 11) is 0. The maximum atomic E-state index is 5.82. The molecule has 4 heteroatoms. The van der Waals surface area contributed by atoms with Crippen LogP contribution in [-0.4, -0.2) is 15.0 Å². The number of nitrogens with zero attached hydrogens (tertiary/aromatic N) is 3. The molecule has 0 unspecified atom stereocenters. The van der Waals surface area contributed by atoms with Crippen LogP contribution in [0.5, 0.6) is 0 Å². The molecule has 0 atom stereocenters. The van der Waals surface area contributed by atoms with Crippen LogP contribution in [0.25, 0.3) is 44.4 Å². The van der Waals surface area contributed by atoms with Gasteiger partial charge in [-0.05, 0) is 30.3 Å². The minimum absolute atomic E-state index is 0.612. The Hall–Kier alpha value is -3.27. The molecule has 5 aromatic rings. The van der Waals surface area contributed by atoms with E-state index in [9.17, 15) is 0 Å². The van der Waals surface area contributed by atoms with Gasteiger partial charge < -0.3 is 4.42 Å². The number of hydrogen-bond acceptors (Lipinski definition) is 4. The Morgan fingerprint density at radius 3 is 2.61 bits per heavy atom. The smallest absolute Gasteiger partial charge is 0.227 e. The molecule has 0 saturated heterocycles. The zero-order chi connectivity index (χ0) is 15.2. The number of para-hydroxylation sites is 1. The van der Waals surface area contributed by atoms with Crippen molar-refractivity contribution in [3.63, 3.8) is 0 Å². The average molecular weight is 297 g/mol. The zero-order valence-electron chi connectivity index (χ0n) is 12.1. The van der Waals surface area contributed by atoms with Crippen molar-refractivity contribution in [3.8, 4) is 11.4 Å². The van der Waals surface area contributed by atoms with Gasteiger partial charge in [-0.25, -0.2) is 9.97 Å². The fourth-order valence-corrected chi connectivity index (χ4v) is 2.85. The second kappa shape index (κ2) is 4.61. The largest absolute Gasteiger partial charge is 0.438 e. The van der Waals surface area contributed by atoms with Crippen molar-refractivity contribution in [1.82, 2.24) is 15.0 Å². The second-order valence-corrected chi connectivity index (χ2v) is 5.41. The first-order valence-corrected chi connectivity index (χ1v) is 7.38. The first-order chi connectivity index (χ1) is 11.4. The Balaban J connectivity index is 1.73. The van der Waals surface area contributed by atoms with Gasteiger partial charge in [0, 0.05) is 28.6 Å². The molecule has 1 aromatic carbocycles. The van der Waals surface area contributed by atoms with Gasteiger partial charge in [0.15, 0.2) is 0 Å². The van der Waals surface area contributed by atoms with E-state index in [1.165, 1.54) is 0 Å². The highest BCUT2D eigenvalue weighted by Gasteiger charge is 2.10. The van der Waals surface area contributed by atoms with E-state index >= 15 is 0 Å². The number of hydrogen-bond donors (Lipinski definition) is 0. The number of pyridine rings is 3. The molecule has 0 amide bonds. The predicted molar refractivity (Wildman–Crippen MR) is 90.0 cm³/mol. The lowest BCUT2D eigenvalue weighted by molar-refractivity contribution is 0.654. The molecule has 0 spiro atoms. The van der Waals surface area contributed by atoms with Gasteiger partial charge in [0.2, 0.25) is 5.71 Å². The van der Waals surface area contributed by atoms with Crippen LogP contribution >= 0.6 is 0 Å². The summed E-state index contributed by atoms with van der Waals surface area (Å²) in [6.07, 6.45) is 3.52. The molecule has 108 valence electrons. The quantitative estimate of drug-likeness (QED) is 0.454. The molecule has 0 fully saturated rings. The van der Waals surface area contributed by atoms with Gasteiger partial charge in [-0.2, -0.15) is 0 Å². The van der Waals surface area contributed by atoms with Crippen LogP contribution in [0.1, 0.15) is 0 Å². The van der Waals surface area contributed by atoms with Crippen molar-refractivity contribution in [2.75, 3.05) is 0 Å². The maximum Gasteiger partial charge on any atom is 0.227 e. The molecule has 0 N–H and O–H groups in total. The highest BCUT2D eigenvalue weighted by atomic mass is 16.3. The van der Waals surface area contributed by atoms with Gasteiger partial charge in [0.25, 0.3) is 0 Å². The van der Waals surface area contributed by atoms with E-state index in [0.29, 0.717) is 5.71 Å². The molecule has 5 rings (SSSR count). The summed E-state index contributed by atoms with van der Waals surface area (Å²) in [5.41, 5.74) is 4.01. The van der Waals surface area contributed by atoms with Crippen LogP contribution in [0, 0.1) is 0 Å². The monoisotopic (exact) mass is 297 g/mol. The van der Waals surface area contributed by atoms with Gasteiger partial charge in [-0.15, -0.1) is 0 Å². The van der Waals surface area contributed by atoms with Crippen LogP contribution in [0.2, 0.25) is 0 Å². The highest BCUT2D eigenvalue weighted by Crippen LogP contribution is 2.29. The van der Waals surface area contributed by atoms with E-state index in [1.54, 1.807) is 12.4 Å². The maximum absolute atomic E-state index is 5.82. The number of fused-ring (bicyclic) bond motifs is 4. The third-order valence-corrected chi connectivity index (χ3v) is 4.00. The third-order valence-electron chi connectivity index (χ3n) is 4.00. The summed E-state index contributed by atoms with van der Waals surface area (Å²) in [6.45, 7) is 0. The van der Waals surface area contributed by atoms with Gasteiger partial charge in [-0.3, -0.25) is 4.98 Å². The number of benzene rings is 1. The molecule has 0 aliphatic carbocycles. The molecular formula is C19H11N3O. The summed E-state index contributed by atoms with van der Waals surface area (Å²) in [5.74, 6) is 0. The van der Waals surface area contributed by atoms with Crippen LogP contribution in [-0.2, 0) is 0 Å². The number of rotatable bonds is 1. The Kier molecular flexibility index (Phi) is 2.46. The lowest BCUT2D eigenvalue weighted by Gasteiger charge is -2.02. The Bertz CT molecular complexity index is 1180. The molecule has 0 aliphatic heterocycles. The van der Waals surface area contributed by atoms with Crippen LogP contribution < -0.4 is 0 Å². The van der Waals surface area contributed by atoms with E-state index in [2.05, 4.69) is 27.1 Å². The van der Waals surface area contributed by atoms with Gasteiger partial charge in [-0.1, -0.05) is 24.3 Å². The van der Waals surface area contributed by atoms with Crippen molar-refractivity contribution in [2.45, 2.75) is 0 Å². The summed E-state index contributed by atoms with van der Waals surface area (Å²) in [6, 6.07) is 17.9. The summed E-state index contributed by atoms with van der Waals surface area (Å²) in [4.78, 5) is 13.5. The SMILES string of the molecule is c1ccc2nc(-c3ccc4c(n3)oc3ccncc34)ccc2c1. The van der Waals surface area contributed by atoms with Crippen molar-refractivity contribution >= 4 is 33.0 Å². The lowest BCUT2D eigenvalue weighted by atomic mass is 10.1. The third kappa shape index (κ3) is 1.89. The molecule has 4 heterocycles. The first-order valence-electron chi connectivity index (χ1n) is 7.38. The van der Waals surface area contributed by atoms with Crippen molar-refractivity contribution in [2.24, 2.45) is 0 Å². The standard InChI is InChI=1S/C19H11N3O/c1-2-4-15-12(3-1)5-7-16(21-15)17-8-6-13-14-11-20-10-9-18(14)23-19(13)22-17/h1-11H. The van der Waals surface area contributed by atoms with E-state index in [-0.39, 0.29) is 0 Å². The highest BCUT2D eigenvalue weighted by molar-refractivity contribution is 6.03. The van der Waals surface area contributed by atoms with Gasteiger partial charge in [0.05, 0.1) is 16.9 Å². The molecule has 0 bridgehead atoms. The minimum atomic E-state index is 0.612. The molecule has 4 aromatic heterocycles. The molecule has 4 nitrogen and oxygen atoms in total. The summed E-state index contributed by atoms with van der Waals surface area (Å²) in [5, 5.41) is 3.07. The summed E-state index contributed by atoms with van der Waals surface area (Å²) < 4.78 is 5.82. The Morgan fingerprint density at radius 2 is 1.61 bits per heavy atom. The van der Waals surface area contributed by atoms with Gasteiger partial charge >= 0.3 is 0 Å². The summed E-state index contributed by atoms with van der Waals surface area (Å²) >= 11 is 0. The normalized spacial score (nSPS) is 11.5. The molecule has 0 radical (unpaired) electrons. The van der Waals surface area contributed by atoms with E-state index in [0.717, 1.165) is 38.6 Å². The van der Waals surface area contributed by atoms with E-state index in [4.69, 9.17) is 4.42 Å². The number of furan rings is 1. The fraction of sp³-hybridized carbons (Fsp3) is 0. The zero-order valence-corrected chi connectivity index (χ0v) is 12.1. The topological polar surface area (TPSA) is 51.8 Å². The van der Waals surface area contributed by atoms with Gasteiger partial charge in [0.1, 0.15) is 5.58 Å². The van der Waals surface area contributed by atoms with E-state index < -0.39 is 0 Å². The number of aromatic nitrogens is 3.